The van der Waals surface area contributed by atoms with E-state index >= 15 is 0 Å². The molecule has 0 saturated heterocycles. The summed E-state index contributed by atoms with van der Waals surface area (Å²) in [4.78, 5) is 10.9. The van der Waals surface area contributed by atoms with Gasteiger partial charge in [-0.1, -0.05) is 15.9 Å². The number of alkyl halides is 3. The van der Waals surface area contributed by atoms with Gasteiger partial charge in [-0.15, -0.1) is 0 Å². The lowest BCUT2D eigenvalue weighted by Gasteiger charge is -2.19. The first kappa shape index (κ1) is 17.6. The zero-order valence-electron chi connectivity index (χ0n) is 11.7. The molecule has 4 nitrogen and oxygen atoms in total. The molecule has 0 saturated carbocycles. The fourth-order valence-electron chi connectivity index (χ4n) is 1.82. The molecule has 8 heteroatoms. The van der Waals surface area contributed by atoms with Crippen molar-refractivity contribution in [1.82, 2.24) is 5.32 Å². The number of hydrogen-bond acceptors (Lipinski definition) is 3. The molecule has 118 valence electrons. The van der Waals surface area contributed by atoms with Crippen molar-refractivity contribution in [3.05, 3.63) is 22.2 Å². The summed E-state index contributed by atoms with van der Waals surface area (Å²) in [6, 6.07) is 2.62. The Morgan fingerprint density at radius 2 is 1.76 bits per heavy atom. The van der Waals surface area contributed by atoms with Crippen molar-refractivity contribution in [3.8, 4) is 11.5 Å². The van der Waals surface area contributed by atoms with E-state index < -0.39 is 18.1 Å². The number of methoxy groups -OCH3 is 2. The number of halogens is 4. The van der Waals surface area contributed by atoms with Gasteiger partial charge in [0.05, 0.1) is 14.2 Å². The Labute approximate surface area is 128 Å². The number of benzene rings is 1. The normalized spacial score (nSPS) is 12.7. The van der Waals surface area contributed by atoms with E-state index in [0.717, 1.165) is 0 Å². The molecule has 1 aromatic rings. The minimum Gasteiger partial charge on any atom is -0.496 e. The molecule has 0 aliphatic carbocycles. The Morgan fingerprint density at radius 3 is 2.14 bits per heavy atom. The van der Waals surface area contributed by atoms with Gasteiger partial charge in [0.15, 0.2) is 0 Å². The molecule has 1 N–H and O–H groups in total. The Hall–Kier alpha value is -1.44. The number of nitrogens with one attached hydrogen (secondary N) is 1. The summed E-state index contributed by atoms with van der Waals surface area (Å²) in [6.07, 6.45) is -4.76. The molecule has 1 rings (SSSR count). The predicted molar refractivity (Wildman–Crippen MR) is 74.6 cm³/mol. The van der Waals surface area contributed by atoms with Crippen LogP contribution in [0.1, 0.15) is 12.5 Å². The molecule has 1 unspecified atom stereocenters. The van der Waals surface area contributed by atoms with Gasteiger partial charge in [0.1, 0.15) is 11.5 Å². The summed E-state index contributed by atoms with van der Waals surface area (Å²) in [5.74, 6) is -1.03. The highest BCUT2D eigenvalue weighted by atomic mass is 79.9. The first-order valence-corrected chi connectivity index (χ1v) is 6.76. The van der Waals surface area contributed by atoms with Gasteiger partial charge >= 0.3 is 12.1 Å². The number of carbonyl (C=O) groups excluding carboxylic acids is 1. The van der Waals surface area contributed by atoms with Crippen LogP contribution in [0.3, 0.4) is 0 Å². The second-order valence-corrected chi connectivity index (χ2v) is 5.28. The molecule has 0 aliphatic heterocycles. The molecule has 0 aromatic heterocycles. The Morgan fingerprint density at radius 1 is 1.29 bits per heavy atom. The van der Waals surface area contributed by atoms with E-state index in [0.29, 0.717) is 21.5 Å². The molecule has 1 atom stereocenters. The molecule has 0 spiro atoms. The molecule has 21 heavy (non-hydrogen) atoms. The van der Waals surface area contributed by atoms with Crippen LogP contribution in [0.2, 0.25) is 0 Å². The highest BCUT2D eigenvalue weighted by molar-refractivity contribution is 9.10. The predicted octanol–water partition coefficient (Wildman–Crippen LogP) is 3.08. The first-order valence-electron chi connectivity index (χ1n) is 5.97. The lowest BCUT2D eigenvalue weighted by Crippen LogP contribution is -2.42. The molecule has 1 aromatic carbocycles. The molecule has 0 fully saturated rings. The Bertz CT molecular complexity index is 495. The molecule has 0 radical (unpaired) electrons. The lowest BCUT2D eigenvalue weighted by atomic mass is 10.0. The quantitative estimate of drug-likeness (QED) is 0.867. The van der Waals surface area contributed by atoms with Gasteiger partial charge in [-0.3, -0.25) is 4.79 Å². The van der Waals surface area contributed by atoms with Crippen LogP contribution in [0.15, 0.2) is 16.6 Å². The van der Waals surface area contributed by atoms with Crippen molar-refractivity contribution in [3.63, 3.8) is 0 Å². The third-order valence-corrected chi connectivity index (χ3v) is 3.18. The van der Waals surface area contributed by atoms with Gasteiger partial charge in [-0.05, 0) is 25.5 Å². The highest BCUT2D eigenvalue weighted by Gasteiger charge is 2.39. The molecule has 0 bridgehead atoms. The van der Waals surface area contributed by atoms with Crippen LogP contribution in [0.5, 0.6) is 11.5 Å². The van der Waals surface area contributed by atoms with E-state index in [4.69, 9.17) is 9.47 Å². The van der Waals surface area contributed by atoms with Crippen molar-refractivity contribution in [2.75, 3.05) is 14.2 Å². The summed E-state index contributed by atoms with van der Waals surface area (Å²) in [7, 11) is 2.90. The minimum absolute atomic E-state index is 0.140. The first-order chi connectivity index (χ1) is 9.68. The van der Waals surface area contributed by atoms with Gasteiger partial charge in [-0.2, -0.15) is 13.2 Å². The van der Waals surface area contributed by atoms with Crippen LogP contribution in [-0.4, -0.2) is 32.3 Å². The van der Waals surface area contributed by atoms with Gasteiger partial charge in [0, 0.05) is 16.1 Å². The lowest BCUT2D eigenvalue weighted by molar-refractivity contribution is -0.174. The number of amides is 1. The fraction of sp³-hybridized carbons (Fsp3) is 0.462. The minimum atomic E-state index is -4.90. The van der Waals surface area contributed by atoms with Gasteiger partial charge in [-0.25, -0.2) is 0 Å². The molecular weight excluding hydrogens is 355 g/mol. The Kier molecular flexibility index (Phi) is 5.88. The van der Waals surface area contributed by atoms with Crippen molar-refractivity contribution >= 4 is 21.8 Å². The van der Waals surface area contributed by atoms with E-state index in [1.54, 1.807) is 12.1 Å². The smallest absolute Gasteiger partial charge is 0.471 e. The zero-order chi connectivity index (χ0) is 16.2. The van der Waals surface area contributed by atoms with Crippen LogP contribution >= 0.6 is 15.9 Å². The largest absolute Gasteiger partial charge is 0.496 e. The third kappa shape index (κ3) is 4.80. The number of hydrogen-bond donors (Lipinski definition) is 1. The second-order valence-electron chi connectivity index (χ2n) is 4.37. The van der Waals surface area contributed by atoms with Gasteiger partial charge in [0.25, 0.3) is 0 Å². The van der Waals surface area contributed by atoms with E-state index in [1.807, 2.05) is 5.32 Å². The second kappa shape index (κ2) is 7.02. The summed E-state index contributed by atoms with van der Waals surface area (Å²) in [5.41, 5.74) is 0.582. The summed E-state index contributed by atoms with van der Waals surface area (Å²) in [5, 5.41) is 1.90. The standard InChI is InChI=1S/C13H15BrF3NO3/c1-7(18-12(19)13(15,16)17)4-9-10(20-2)5-8(14)6-11(9)21-3/h5-7H,4H2,1-3H3,(H,18,19). The van der Waals surface area contributed by atoms with Crippen molar-refractivity contribution < 1.29 is 27.4 Å². The Balaban J connectivity index is 2.94. The van der Waals surface area contributed by atoms with E-state index in [1.165, 1.54) is 21.1 Å². The van der Waals surface area contributed by atoms with Crippen LogP contribution in [0.4, 0.5) is 13.2 Å². The van der Waals surface area contributed by atoms with Gasteiger partial charge < -0.3 is 14.8 Å². The average Bonchev–Trinajstić information content (AvgIpc) is 2.38. The fourth-order valence-corrected chi connectivity index (χ4v) is 2.23. The SMILES string of the molecule is COc1cc(Br)cc(OC)c1CC(C)NC(=O)C(F)(F)F. The monoisotopic (exact) mass is 369 g/mol. The van der Waals surface area contributed by atoms with E-state index in [9.17, 15) is 18.0 Å². The zero-order valence-corrected chi connectivity index (χ0v) is 13.3. The highest BCUT2D eigenvalue weighted by Crippen LogP contribution is 2.33. The maximum atomic E-state index is 12.2. The van der Waals surface area contributed by atoms with E-state index in [2.05, 4.69) is 15.9 Å². The topological polar surface area (TPSA) is 47.6 Å². The number of ether oxygens (including phenoxy) is 2. The van der Waals surface area contributed by atoms with E-state index in [-0.39, 0.29) is 6.42 Å². The summed E-state index contributed by atoms with van der Waals surface area (Å²) < 4.78 is 47.8. The van der Waals surface area contributed by atoms with Crippen LogP contribution < -0.4 is 14.8 Å². The third-order valence-electron chi connectivity index (χ3n) is 2.72. The molecule has 1 amide bonds. The summed E-state index contributed by atoms with van der Waals surface area (Å²) >= 11 is 3.28. The maximum absolute atomic E-state index is 12.2. The van der Waals surface area contributed by atoms with Crippen LogP contribution in [-0.2, 0) is 11.2 Å². The van der Waals surface area contributed by atoms with Gasteiger partial charge in [0.2, 0.25) is 0 Å². The summed E-state index contributed by atoms with van der Waals surface area (Å²) in [6.45, 7) is 1.48. The van der Waals surface area contributed by atoms with Crippen LogP contribution in [0, 0.1) is 0 Å². The molecule has 0 heterocycles. The van der Waals surface area contributed by atoms with Crippen LogP contribution in [0.25, 0.3) is 0 Å². The number of rotatable bonds is 5. The average molecular weight is 370 g/mol. The van der Waals surface area contributed by atoms with Crippen molar-refractivity contribution in [1.29, 1.82) is 0 Å². The molecular formula is C13H15BrF3NO3. The van der Waals surface area contributed by atoms with Crippen molar-refractivity contribution in [2.45, 2.75) is 25.6 Å². The number of carbonyl (C=O) groups is 1. The van der Waals surface area contributed by atoms with Crippen molar-refractivity contribution in [2.24, 2.45) is 0 Å². The molecule has 0 aliphatic rings. The maximum Gasteiger partial charge on any atom is 0.471 e.